The minimum absolute atomic E-state index is 0.414. The summed E-state index contributed by atoms with van der Waals surface area (Å²) in [4.78, 5) is 5.25. The highest BCUT2D eigenvalue weighted by Gasteiger charge is 2.37. The van der Waals surface area contributed by atoms with Crippen LogP contribution in [-0.4, -0.2) is 64.9 Å². The van der Waals surface area contributed by atoms with E-state index in [0.29, 0.717) is 12.1 Å². The topological polar surface area (TPSA) is 36.3 Å². The van der Waals surface area contributed by atoms with E-state index in [4.69, 9.17) is 0 Å². The van der Waals surface area contributed by atoms with Crippen molar-refractivity contribution in [3.63, 3.8) is 0 Å². The van der Waals surface area contributed by atoms with Gasteiger partial charge in [-0.25, -0.2) is 0 Å². The third-order valence-electron chi connectivity index (χ3n) is 4.40. The van der Waals surface area contributed by atoms with Crippen LogP contribution in [0.5, 0.6) is 0 Å². The summed E-state index contributed by atoms with van der Waals surface area (Å²) in [5.74, 6) is 0. The maximum absolute atomic E-state index is 4.35. The lowest BCUT2D eigenvalue weighted by Crippen LogP contribution is -2.64. The van der Waals surface area contributed by atoms with Gasteiger partial charge in [-0.15, -0.1) is 0 Å². The van der Waals surface area contributed by atoms with Crippen LogP contribution >= 0.6 is 0 Å². The first-order valence-corrected chi connectivity index (χ1v) is 7.46. The van der Waals surface area contributed by atoms with Crippen LogP contribution in [0.1, 0.15) is 24.9 Å². The summed E-state index contributed by atoms with van der Waals surface area (Å²) < 4.78 is 1.91. The quantitative estimate of drug-likeness (QED) is 0.837. The average molecular weight is 263 g/mol. The maximum atomic E-state index is 4.35. The molecule has 1 aromatic rings. The fraction of sp³-hybridized carbons (Fsp3) is 0.786. The number of aromatic nitrogens is 2. The molecule has 2 unspecified atom stereocenters. The van der Waals surface area contributed by atoms with Crippen LogP contribution in [0.3, 0.4) is 0 Å². The highest BCUT2D eigenvalue weighted by atomic mass is 15.4. The second-order valence-corrected chi connectivity index (χ2v) is 5.78. The Morgan fingerprint density at radius 3 is 2.68 bits per heavy atom. The second kappa shape index (κ2) is 5.61. The number of hydrogen-bond donors (Lipinski definition) is 1. The number of hydrogen-bond acceptors (Lipinski definition) is 4. The number of aryl methyl sites for hydroxylation is 1. The van der Waals surface area contributed by atoms with Crippen molar-refractivity contribution >= 4 is 0 Å². The second-order valence-electron chi connectivity index (χ2n) is 5.78. The van der Waals surface area contributed by atoms with E-state index in [9.17, 15) is 0 Å². The normalized spacial score (nSPS) is 31.6. The van der Waals surface area contributed by atoms with E-state index in [1.165, 1.54) is 44.7 Å². The van der Waals surface area contributed by atoms with Crippen LogP contribution in [0.15, 0.2) is 12.4 Å². The molecule has 0 aliphatic carbocycles. The Bertz CT molecular complexity index is 408. The number of nitrogens with one attached hydrogen (secondary N) is 1. The van der Waals surface area contributed by atoms with Gasteiger partial charge in [0.1, 0.15) is 0 Å². The largest absolute Gasteiger partial charge is 0.308 e. The van der Waals surface area contributed by atoms with E-state index >= 15 is 0 Å². The Kier molecular flexibility index (Phi) is 3.86. The SMILES string of the molecule is CCCNC(c1cnn(C)c1)C1CN2CCN1CC2. The molecule has 5 nitrogen and oxygen atoms in total. The lowest BCUT2D eigenvalue weighted by molar-refractivity contribution is -0.00365. The van der Waals surface area contributed by atoms with Crippen LogP contribution in [-0.2, 0) is 7.05 Å². The molecule has 0 amide bonds. The van der Waals surface area contributed by atoms with Gasteiger partial charge < -0.3 is 5.32 Å². The molecule has 4 rings (SSSR count). The first-order valence-electron chi connectivity index (χ1n) is 7.46. The molecule has 2 atom stereocenters. The number of fused-ring (bicyclic) bond motifs is 3. The first kappa shape index (κ1) is 13.1. The van der Waals surface area contributed by atoms with Crippen molar-refractivity contribution in [3.05, 3.63) is 18.0 Å². The lowest BCUT2D eigenvalue weighted by Gasteiger charge is -2.50. The van der Waals surface area contributed by atoms with Crippen molar-refractivity contribution in [2.24, 2.45) is 7.05 Å². The minimum Gasteiger partial charge on any atom is -0.308 e. The van der Waals surface area contributed by atoms with Gasteiger partial charge in [-0.2, -0.15) is 5.10 Å². The zero-order valence-electron chi connectivity index (χ0n) is 12.0. The van der Waals surface area contributed by atoms with E-state index in [1.54, 1.807) is 0 Å². The third-order valence-corrected chi connectivity index (χ3v) is 4.40. The van der Waals surface area contributed by atoms with E-state index < -0.39 is 0 Å². The molecule has 0 spiro atoms. The van der Waals surface area contributed by atoms with Crippen molar-refractivity contribution < 1.29 is 0 Å². The van der Waals surface area contributed by atoms with Crippen LogP contribution in [0.2, 0.25) is 0 Å². The van der Waals surface area contributed by atoms with Gasteiger partial charge in [-0.05, 0) is 13.0 Å². The summed E-state index contributed by atoms with van der Waals surface area (Å²) in [7, 11) is 2.00. The molecular weight excluding hydrogens is 238 g/mol. The summed E-state index contributed by atoms with van der Waals surface area (Å²) in [6, 6.07) is 1.01. The van der Waals surface area contributed by atoms with Crippen molar-refractivity contribution in [2.45, 2.75) is 25.4 Å². The Hall–Kier alpha value is -0.910. The van der Waals surface area contributed by atoms with E-state index in [1.807, 2.05) is 17.9 Å². The molecule has 3 fully saturated rings. The van der Waals surface area contributed by atoms with Crippen molar-refractivity contribution in [1.82, 2.24) is 24.9 Å². The minimum atomic E-state index is 0.414. The van der Waals surface area contributed by atoms with Crippen molar-refractivity contribution in [2.75, 3.05) is 39.3 Å². The molecule has 19 heavy (non-hydrogen) atoms. The zero-order chi connectivity index (χ0) is 13.2. The monoisotopic (exact) mass is 263 g/mol. The van der Waals surface area contributed by atoms with Crippen molar-refractivity contribution in [1.29, 1.82) is 0 Å². The number of piperazine rings is 3. The van der Waals surface area contributed by atoms with Gasteiger partial charge >= 0.3 is 0 Å². The number of nitrogens with zero attached hydrogens (tertiary/aromatic N) is 4. The van der Waals surface area contributed by atoms with Gasteiger partial charge in [-0.3, -0.25) is 14.5 Å². The molecule has 3 saturated heterocycles. The highest BCUT2D eigenvalue weighted by Crippen LogP contribution is 2.27. The van der Waals surface area contributed by atoms with E-state index in [-0.39, 0.29) is 0 Å². The van der Waals surface area contributed by atoms with Gasteiger partial charge in [0.2, 0.25) is 0 Å². The van der Waals surface area contributed by atoms with Crippen LogP contribution < -0.4 is 5.32 Å². The Balaban J connectivity index is 1.78. The lowest BCUT2D eigenvalue weighted by atomic mass is 9.96. The summed E-state index contributed by atoms with van der Waals surface area (Å²) in [6.45, 7) is 9.41. The molecule has 3 aliphatic rings. The standard InChI is InChI=1S/C14H25N5/c1-3-4-15-14(12-9-16-17(2)10-12)13-11-18-5-7-19(13)8-6-18/h9-10,13-15H,3-8,11H2,1-2H3. The van der Waals surface area contributed by atoms with Crippen LogP contribution in [0, 0.1) is 0 Å². The van der Waals surface area contributed by atoms with Crippen LogP contribution in [0.4, 0.5) is 0 Å². The maximum Gasteiger partial charge on any atom is 0.0538 e. The first-order chi connectivity index (χ1) is 9.28. The molecule has 3 aliphatic heterocycles. The molecule has 106 valence electrons. The predicted molar refractivity (Wildman–Crippen MR) is 76.0 cm³/mol. The molecule has 0 aromatic carbocycles. The highest BCUT2D eigenvalue weighted by molar-refractivity contribution is 5.15. The van der Waals surface area contributed by atoms with E-state index in [0.717, 1.165) is 6.54 Å². The van der Waals surface area contributed by atoms with Crippen LogP contribution in [0.25, 0.3) is 0 Å². The molecule has 4 heterocycles. The summed E-state index contributed by atoms with van der Waals surface area (Å²) in [6.07, 6.45) is 5.35. The van der Waals surface area contributed by atoms with Crippen molar-refractivity contribution in [3.8, 4) is 0 Å². The smallest absolute Gasteiger partial charge is 0.0538 e. The fourth-order valence-corrected chi connectivity index (χ4v) is 3.35. The number of rotatable bonds is 5. The summed E-state index contributed by atoms with van der Waals surface area (Å²) >= 11 is 0. The van der Waals surface area contributed by atoms with Gasteiger partial charge in [0.25, 0.3) is 0 Å². The Labute approximate surface area is 115 Å². The average Bonchev–Trinajstić information content (AvgIpc) is 2.87. The molecule has 0 radical (unpaired) electrons. The Morgan fingerprint density at radius 2 is 2.16 bits per heavy atom. The van der Waals surface area contributed by atoms with Gasteiger partial charge in [-0.1, -0.05) is 6.92 Å². The molecular formula is C14H25N5. The summed E-state index contributed by atoms with van der Waals surface area (Å²) in [5.41, 5.74) is 1.33. The molecule has 1 N–H and O–H groups in total. The van der Waals surface area contributed by atoms with Gasteiger partial charge in [0.15, 0.2) is 0 Å². The molecule has 5 heteroatoms. The van der Waals surface area contributed by atoms with Gasteiger partial charge in [0, 0.05) is 57.6 Å². The predicted octanol–water partition coefficient (Wildman–Crippen LogP) is 0.461. The van der Waals surface area contributed by atoms with Gasteiger partial charge in [0.05, 0.1) is 12.2 Å². The summed E-state index contributed by atoms with van der Waals surface area (Å²) in [5, 5.41) is 8.08. The molecule has 2 bridgehead atoms. The Morgan fingerprint density at radius 1 is 1.37 bits per heavy atom. The van der Waals surface area contributed by atoms with E-state index in [2.05, 4.69) is 33.3 Å². The molecule has 0 saturated carbocycles. The zero-order valence-corrected chi connectivity index (χ0v) is 12.0. The fourth-order valence-electron chi connectivity index (χ4n) is 3.35. The third kappa shape index (κ3) is 2.68. The molecule has 1 aromatic heterocycles.